The van der Waals surface area contributed by atoms with E-state index in [4.69, 9.17) is 0 Å². The van der Waals surface area contributed by atoms with Crippen LogP contribution in [0.1, 0.15) is 58.8 Å². The molecular weight excluding hydrogens is 264 g/mol. The number of rotatable bonds is 3. The molecule has 2 amide bonds. The highest BCUT2D eigenvalue weighted by Gasteiger charge is 2.45. The van der Waals surface area contributed by atoms with E-state index in [-0.39, 0.29) is 23.9 Å². The minimum absolute atomic E-state index is 0.154. The van der Waals surface area contributed by atoms with E-state index < -0.39 is 0 Å². The summed E-state index contributed by atoms with van der Waals surface area (Å²) in [5.41, 5.74) is 0. The third-order valence-corrected chi connectivity index (χ3v) is 5.75. The van der Waals surface area contributed by atoms with Gasteiger partial charge in [-0.05, 0) is 44.4 Å². The zero-order valence-electron chi connectivity index (χ0n) is 13.4. The number of carbonyl (C=O) groups is 2. The molecule has 4 unspecified atom stereocenters. The summed E-state index contributed by atoms with van der Waals surface area (Å²) in [6, 6.07) is -0.410. The molecule has 21 heavy (non-hydrogen) atoms. The van der Waals surface area contributed by atoms with Gasteiger partial charge in [0.25, 0.3) is 0 Å². The minimum Gasteiger partial charge on any atom is -0.329 e. The number of fused-ring (bicyclic) bond motifs is 1. The molecule has 118 valence electrons. The minimum atomic E-state index is -0.257. The molecule has 0 aromatic rings. The maximum atomic E-state index is 12.6. The Bertz CT molecular complexity index is 423. The lowest BCUT2D eigenvalue weighted by molar-refractivity contribution is -0.158. The van der Waals surface area contributed by atoms with Gasteiger partial charge in [0.05, 0.1) is 0 Å². The lowest BCUT2D eigenvalue weighted by Crippen LogP contribution is -2.62. The molecule has 2 aliphatic heterocycles. The summed E-state index contributed by atoms with van der Waals surface area (Å²) < 4.78 is 0. The predicted molar refractivity (Wildman–Crippen MR) is 81.6 cm³/mol. The Morgan fingerprint density at radius 1 is 1.05 bits per heavy atom. The van der Waals surface area contributed by atoms with E-state index in [9.17, 15) is 9.59 Å². The molecule has 0 bridgehead atoms. The second kappa shape index (κ2) is 5.98. The maximum absolute atomic E-state index is 12.6. The van der Waals surface area contributed by atoms with Crippen molar-refractivity contribution in [3.63, 3.8) is 0 Å². The van der Waals surface area contributed by atoms with Crippen molar-refractivity contribution in [3.8, 4) is 0 Å². The van der Waals surface area contributed by atoms with E-state index in [2.05, 4.69) is 6.92 Å². The fourth-order valence-electron chi connectivity index (χ4n) is 4.49. The van der Waals surface area contributed by atoms with Crippen LogP contribution in [0.3, 0.4) is 0 Å². The zero-order valence-corrected chi connectivity index (χ0v) is 13.4. The van der Waals surface area contributed by atoms with Gasteiger partial charge in [0.15, 0.2) is 0 Å². The molecule has 0 aromatic carbocycles. The van der Waals surface area contributed by atoms with Gasteiger partial charge in [-0.1, -0.05) is 26.2 Å². The lowest BCUT2D eigenvalue weighted by atomic mass is 9.80. The molecule has 1 aliphatic carbocycles. The molecule has 3 rings (SSSR count). The van der Waals surface area contributed by atoms with Gasteiger partial charge < -0.3 is 9.80 Å². The molecule has 4 heteroatoms. The van der Waals surface area contributed by atoms with E-state index in [1.807, 2.05) is 16.7 Å². The van der Waals surface area contributed by atoms with Crippen LogP contribution in [-0.4, -0.2) is 46.8 Å². The molecule has 0 N–H and O–H groups in total. The Labute approximate surface area is 127 Å². The molecule has 2 saturated heterocycles. The van der Waals surface area contributed by atoms with Crippen LogP contribution in [0.15, 0.2) is 0 Å². The molecule has 1 saturated carbocycles. The zero-order chi connectivity index (χ0) is 15.0. The first kappa shape index (κ1) is 14.9. The topological polar surface area (TPSA) is 40.6 Å². The SMILES string of the molecule is CC1CCCC(CCN2C(=O)C3CCCN3C(=O)C2C)C1. The van der Waals surface area contributed by atoms with Crippen molar-refractivity contribution in [1.82, 2.24) is 9.80 Å². The molecule has 0 spiro atoms. The van der Waals surface area contributed by atoms with Crippen molar-refractivity contribution >= 4 is 11.8 Å². The molecular formula is C17H28N2O2. The number of piperazine rings is 1. The van der Waals surface area contributed by atoms with Crippen molar-refractivity contribution < 1.29 is 9.59 Å². The van der Waals surface area contributed by atoms with Crippen molar-refractivity contribution in [1.29, 1.82) is 0 Å². The van der Waals surface area contributed by atoms with Crippen LogP contribution in [0.25, 0.3) is 0 Å². The average molecular weight is 292 g/mol. The molecule has 3 aliphatic rings. The van der Waals surface area contributed by atoms with Crippen molar-refractivity contribution in [3.05, 3.63) is 0 Å². The molecule has 4 nitrogen and oxygen atoms in total. The van der Waals surface area contributed by atoms with E-state index in [1.165, 1.54) is 25.7 Å². The second-order valence-electron chi connectivity index (χ2n) is 7.32. The van der Waals surface area contributed by atoms with E-state index in [0.29, 0.717) is 0 Å². The summed E-state index contributed by atoms with van der Waals surface area (Å²) in [6.45, 7) is 5.78. The highest BCUT2D eigenvalue weighted by molar-refractivity contribution is 5.97. The summed E-state index contributed by atoms with van der Waals surface area (Å²) in [6.07, 6.45) is 8.16. The molecule has 3 fully saturated rings. The van der Waals surface area contributed by atoms with Crippen molar-refractivity contribution in [2.45, 2.75) is 70.9 Å². The van der Waals surface area contributed by atoms with Gasteiger partial charge in [0, 0.05) is 13.1 Å². The Morgan fingerprint density at radius 3 is 2.62 bits per heavy atom. The predicted octanol–water partition coefficient (Wildman–Crippen LogP) is 2.42. The summed E-state index contributed by atoms with van der Waals surface area (Å²) in [7, 11) is 0. The first-order valence-electron chi connectivity index (χ1n) is 8.69. The third kappa shape index (κ3) is 2.82. The fourth-order valence-corrected chi connectivity index (χ4v) is 4.49. The van der Waals surface area contributed by atoms with Crippen LogP contribution in [-0.2, 0) is 9.59 Å². The van der Waals surface area contributed by atoms with Crippen LogP contribution in [0.4, 0.5) is 0 Å². The Hall–Kier alpha value is -1.06. The molecule has 2 heterocycles. The van der Waals surface area contributed by atoms with Crippen LogP contribution in [0.5, 0.6) is 0 Å². The summed E-state index contributed by atoms with van der Waals surface area (Å²) in [4.78, 5) is 28.7. The van der Waals surface area contributed by atoms with Gasteiger partial charge in [0.2, 0.25) is 11.8 Å². The van der Waals surface area contributed by atoms with Crippen LogP contribution < -0.4 is 0 Å². The smallest absolute Gasteiger partial charge is 0.246 e. The number of nitrogens with zero attached hydrogens (tertiary/aromatic N) is 2. The molecule has 0 aromatic heterocycles. The first-order chi connectivity index (χ1) is 10.1. The quantitative estimate of drug-likeness (QED) is 0.801. The van der Waals surface area contributed by atoms with E-state index in [1.54, 1.807) is 0 Å². The fraction of sp³-hybridized carbons (Fsp3) is 0.882. The van der Waals surface area contributed by atoms with Gasteiger partial charge in [-0.15, -0.1) is 0 Å². The second-order valence-corrected chi connectivity index (χ2v) is 7.32. The highest BCUT2D eigenvalue weighted by Crippen LogP contribution is 2.32. The van der Waals surface area contributed by atoms with Gasteiger partial charge in [-0.2, -0.15) is 0 Å². The summed E-state index contributed by atoms with van der Waals surface area (Å²) in [5, 5.41) is 0. The maximum Gasteiger partial charge on any atom is 0.246 e. The van der Waals surface area contributed by atoms with Crippen LogP contribution in [0.2, 0.25) is 0 Å². The number of carbonyl (C=O) groups excluding carboxylic acids is 2. The lowest BCUT2D eigenvalue weighted by Gasteiger charge is -2.41. The number of hydrogen-bond acceptors (Lipinski definition) is 2. The Kier molecular flexibility index (Phi) is 4.23. The van der Waals surface area contributed by atoms with E-state index in [0.717, 1.165) is 44.2 Å². The normalized spacial score (nSPS) is 37.0. The third-order valence-electron chi connectivity index (χ3n) is 5.75. The molecule has 4 atom stereocenters. The van der Waals surface area contributed by atoms with Crippen LogP contribution in [0, 0.1) is 11.8 Å². The van der Waals surface area contributed by atoms with Crippen molar-refractivity contribution in [2.75, 3.05) is 13.1 Å². The van der Waals surface area contributed by atoms with Gasteiger partial charge in [-0.3, -0.25) is 9.59 Å². The van der Waals surface area contributed by atoms with Gasteiger partial charge in [-0.25, -0.2) is 0 Å². The standard InChI is InChI=1S/C17H28N2O2/c1-12-5-3-6-14(11-12)8-10-18-13(2)16(20)19-9-4-7-15(19)17(18)21/h12-15H,3-11H2,1-2H3. The Balaban J connectivity index is 1.61. The molecule has 0 radical (unpaired) electrons. The summed E-state index contributed by atoms with van der Waals surface area (Å²) in [5.74, 6) is 1.92. The first-order valence-corrected chi connectivity index (χ1v) is 8.69. The van der Waals surface area contributed by atoms with E-state index >= 15 is 0 Å². The average Bonchev–Trinajstić information content (AvgIpc) is 2.95. The number of amides is 2. The van der Waals surface area contributed by atoms with Crippen LogP contribution >= 0.6 is 0 Å². The monoisotopic (exact) mass is 292 g/mol. The van der Waals surface area contributed by atoms with Gasteiger partial charge in [0.1, 0.15) is 12.1 Å². The summed E-state index contributed by atoms with van der Waals surface area (Å²) >= 11 is 0. The van der Waals surface area contributed by atoms with Crippen molar-refractivity contribution in [2.24, 2.45) is 11.8 Å². The van der Waals surface area contributed by atoms with Gasteiger partial charge >= 0.3 is 0 Å². The number of hydrogen-bond donors (Lipinski definition) is 0. The largest absolute Gasteiger partial charge is 0.329 e. The highest BCUT2D eigenvalue weighted by atomic mass is 16.2. The Morgan fingerprint density at radius 2 is 1.86 bits per heavy atom.